The zero-order chi connectivity index (χ0) is 20.3. The Hall–Kier alpha value is -2.61. The highest BCUT2D eigenvalue weighted by Gasteiger charge is 2.29. The summed E-state index contributed by atoms with van der Waals surface area (Å²) in [5.41, 5.74) is 3.24. The van der Waals surface area contributed by atoms with E-state index in [-0.39, 0.29) is 11.5 Å². The van der Waals surface area contributed by atoms with Gasteiger partial charge in [0.25, 0.3) is 5.91 Å². The Morgan fingerprint density at radius 3 is 2.57 bits per heavy atom. The van der Waals surface area contributed by atoms with Crippen LogP contribution in [0.3, 0.4) is 0 Å². The van der Waals surface area contributed by atoms with Crippen molar-refractivity contribution in [3.05, 3.63) is 58.9 Å². The van der Waals surface area contributed by atoms with E-state index in [2.05, 4.69) is 5.32 Å². The van der Waals surface area contributed by atoms with Gasteiger partial charge in [-0.3, -0.25) is 4.79 Å². The molecule has 0 spiro atoms. The van der Waals surface area contributed by atoms with Crippen molar-refractivity contribution in [1.82, 2.24) is 9.88 Å². The third-order valence-electron chi connectivity index (χ3n) is 4.91. The lowest BCUT2D eigenvalue weighted by molar-refractivity contribution is -0.124. The van der Waals surface area contributed by atoms with Crippen LogP contribution in [0.25, 0.3) is 0 Å². The summed E-state index contributed by atoms with van der Waals surface area (Å²) < 4.78 is 30.0. The molecule has 1 aromatic carbocycles. The second-order valence-electron chi connectivity index (χ2n) is 7.10. The normalized spacial score (nSPS) is 18.0. The Labute approximate surface area is 164 Å². The zero-order valence-corrected chi connectivity index (χ0v) is 16.8. The van der Waals surface area contributed by atoms with Crippen molar-refractivity contribution in [2.45, 2.75) is 32.9 Å². The van der Waals surface area contributed by atoms with Gasteiger partial charge in [0.2, 0.25) is 0 Å². The average Bonchev–Trinajstić information content (AvgIpc) is 3.13. The van der Waals surface area contributed by atoms with E-state index >= 15 is 0 Å². The van der Waals surface area contributed by atoms with Crippen LogP contribution in [0.1, 0.15) is 33.7 Å². The predicted molar refractivity (Wildman–Crippen MR) is 105 cm³/mol. The molecule has 150 valence electrons. The molecule has 1 aliphatic rings. The van der Waals surface area contributed by atoms with Crippen molar-refractivity contribution in [3.63, 3.8) is 0 Å². The lowest BCUT2D eigenvalue weighted by atomic mass is 10.2. The average molecular weight is 404 g/mol. The van der Waals surface area contributed by atoms with Gasteiger partial charge in [0, 0.05) is 24.0 Å². The summed E-state index contributed by atoms with van der Waals surface area (Å²) in [5.74, 6) is -1.05. The Kier molecular flexibility index (Phi) is 5.88. The summed E-state index contributed by atoms with van der Waals surface area (Å²) >= 11 is 0. The van der Waals surface area contributed by atoms with Crippen LogP contribution in [-0.4, -0.2) is 49.0 Å². The maximum Gasteiger partial charge on any atom is 0.340 e. The summed E-state index contributed by atoms with van der Waals surface area (Å²) in [6.45, 7) is 3.97. The molecule has 1 fully saturated rings. The fourth-order valence-corrected chi connectivity index (χ4v) is 5.08. The monoisotopic (exact) mass is 404 g/mol. The van der Waals surface area contributed by atoms with Crippen molar-refractivity contribution in [1.29, 1.82) is 0 Å². The summed E-state index contributed by atoms with van der Waals surface area (Å²) in [6, 6.07) is 11.3. The molecule has 7 nitrogen and oxygen atoms in total. The minimum absolute atomic E-state index is 0.0622. The first-order valence-corrected chi connectivity index (χ1v) is 10.9. The van der Waals surface area contributed by atoms with E-state index in [9.17, 15) is 18.0 Å². The van der Waals surface area contributed by atoms with E-state index in [0.717, 1.165) is 17.0 Å². The van der Waals surface area contributed by atoms with E-state index in [1.54, 1.807) is 6.07 Å². The van der Waals surface area contributed by atoms with Crippen LogP contribution < -0.4 is 5.32 Å². The molecule has 2 heterocycles. The molecule has 0 radical (unpaired) electrons. The number of ether oxygens (including phenoxy) is 1. The molecule has 1 aromatic heterocycles. The number of aromatic nitrogens is 1. The number of carbonyl (C=O) groups excluding carboxylic acids is 2. The number of sulfone groups is 1. The number of rotatable bonds is 6. The van der Waals surface area contributed by atoms with Gasteiger partial charge in [0.05, 0.1) is 17.1 Å². The first-order valence-electron chi connectivity index (χ1n) is 9.13. The molecule has 28 heavy (non-hydrogen) atoms. The highest BCUT2D eigenvalue weighted by Crippen LogP contribution is 2.18. The molecule has 0 saturated carbocycles. The van der Waals surface area contributed by atoms with Gasteiger partial charge in [-0.15, -0.1) is 0 Å². The van der Waals surface area contributed by atoms with Crippen LogP contribution in [0.5, 0.6) is 0 Å². The van der Waals surface area contributed by atoms with E-state index < -0.39 is 34.4 Å². The van der Waals surface area contributed by atoms with Gasteiger partial charge in [-0.1, -0.05) is 30.3 Å². The topological polar surface area (TPSA) is 94.5 Å². The quantitative estimate of drug-likeness (QED) is 0.738. The summed E-state index contributed by atoms with van der Waals surface area (Å²) in [7, 11) is -3.07. The van der Waals surface area contributed by atoms with Crippen molar-refractivity contribution in [2.75, 3.05) is 18.1 Å². The van der Waals surface area contributed by atoms with Crippen LogP contribution in [-0.2, 0) is 25.9 Å². The smallest absolute Gasteiger partial charge is 0.340 e. The van der Waals surface area contributed by atoms with Gasteiger partial charge >= 0.3 is 5.97 Å². The number of esters is 1. The van der Waals surface area contributed by atoms with E-state index in [0.29, 0.717) is 18.5 Å². The molecule has 1 unspecified atom stereocenters. The zero-order valence-electron chi connectivity index (χ0n) is 16.0. The fourth-order valence-electron chi connectivity index (χ4n) is 3.40. The second-order valence-corrected chi connectivity index (χ2v) is 9.33. The Morgan fingerprint density at radius 2 is 1.93 bits per heavy atom. The van der Waals surface area contributed by atoms with E-state index in [4.69, 9.17) is 4.74 Å². The fraction of sp³-hybridized carbons (Fsp3) is 0.400. The molecule has 1 amide bonds. The van der Waals surface area contributed by atoms with Gasteiger partial charge in [0.15, 0.2) is 16.4 Å². The molecule has 1 atom stereocenters. The minimum Gasteiger partial charge on any atom is -0.452 e. The Bertz CT molecular complexity index is 980. The molecular weight excluding hydrogens is 380 g/mol. The van der Waals surface area contributed by atoms with Crippen molar-refractivity contribution < 1.29 is 22.7 Å². The number of carbonyl (C=O) groups is 2. The number of hydrogen-bond donors (Lipinski definition) is 1. The molecule has 2 aromatic rings. The predicted octanol–water partition coefficient (Wildman–Crippen LogP) is 1.61. The summed E-state index contributed by atoms with van der Waals surface area (Å²) in [6.07, 6.45) is 0.392. The molecule has 0 bridgehead atoms. The second kappa shape index (κ2) is 8.18. The number of nitrogens with zero attached hydrogens (tertiary/aromatic N) is 1. The molecular formula is C20H24N2O5S. The largest absolute Gasteiger partial charge is 0.452 e. The number of hydrogen-bond acceptors (Lipinski definition) is 5. The van der Waals surface area contributed by atoms with Gasteiger partial charge in [-0.05, 0) is 31.9 Å². The molecule has 8 heteroatoms. The van der Waals surface area contributed by atoms with Gasteiger partial charge < -0.3 is 14.6 Å². The minimum atomic E-state index is -3.07. The maximum atomic E-state index is 12.4. The molecule has 1 aliphatic heterocycles. The molecule has 0 aliphatic carbocycles. The third-order valence-corrected chi connectivity index (χ3v) is 6.68. The first kappa shape index (κ1) is 20.1. The molecule has 1 N–H and O–H groups in total. The van der Waals surface area contributed by atoms with Crippen LogP contribution in [0, 0.1) is 13.8 Å². The third kappa shape index (κ3) is 4.81. The SMILES string of the molecule is Cc1cc(C(=O)OCC(=O)NC2CCS(=O)(=O)C2)c(C)n1Cc1ccccc1. The Morgan fingerprint density at radius 1 is 1.21 bits per heavy atom. The lowest BCUT2D eigenvalue weighted by Crippen LogP contribution is -2.38. The van der Waals surface area contributed by atoms with Crippen LogP contribution >= 0.6 is 0 Å². The summed E-state index contributed by atoms with van der Waals surface area (Å²) in [4.78, 5) is 24.4. The van der Waals surface area contributed by atoms with Gasteiger partial charge in [-0.25, -0.2) is 13.2 Å². The van der Waals surface area contributed by atoms with E-state index in [1.807, 2.05) is 48.7 Å². The first-order chi connectivity index (χ1) is 13.2. The standard InChI is InChI=1S/C20H24N2O5S/c1-14-10-18(15(2)22(14)11-16-6-4-3-5-7-16)20(24)27-12-19(23)21-17-8-9-28(25,26)13-17/h3-7,10,17H,8-9,11-13H2,1-2H3,(H,21,23). The maximum absolute atomic E-state index is 12.4. The number of amides is 1. The van der Waals surface area contributed by atoms with Crippen molar-refractivity contribution in [3.8, 4) is 0 Å². The lowest BCUT2D eigenvalue weighted by Gasteiger charge is -2.11. The van der Waals surface area contributed by atoms with E-state index in [1.165, 1.54) is 0 Å². The molecule has 3 rings (SSSR count). The van der Waals surface area contributed by atoms with Crippen LogP contribution in [0.4, 0.5) is 0 Å². The highest BCUT2D eigenvalue weighted by molar-refractivity contribution is 7.91. The highest BCUT2D eigenvalue weighted by atomic mass is 32.2. The Balaban J connectivity index is 1.59. The van der Waals surface area contributed by atoms with Crippen molar-refractivity contribution in [2.24, 2.45) is 0 Å². The van der Waals surface area contributed by atoms with Crippen LogP contribution in [0.15, 0.2) is 36.4 Å². The molecule has 1 saturated heterocycles. The van der Waals surface area contributed by atoms with Gasteiger partial charge in [-0.2, -0.15) is 0 Å². The number of aryl methyl sites for hydroxylation is 1. The number of nitrogens with one attached hydrogen (secondary N) is 1. The summed E-state index contributed by atoms with van der Waals surface area (Å²) in [5, 5.41) is 2.60. The van der Waals surface area contributed by atoms with Crippen molar-refractivity contribution >= 4 is 21.7 Å². The van der Waals surface area contributed by atoms with Gasteiger partial charge in [0.1, 0.15) is 0 Å². The number of benzene rings is 1. The van der Waals surface area contributed by atoms with Crippen LogP contribution in [0.2, 0.25) is 0 Å².